The zero-order valence-electron chi connectivity index (χ0n) is 14.7. The molecule has 0 unspecified atom stereocenters. The Labute approximate surface area is 159 Å². The van der Waals surface area contributed by atoms with Crippen molar-refractivity contribution in [2.75, 3.05) is 13.1 Å². The summed E-state index contributed by atoms with van der Waals surface area (Å²) in [6, 6.07) is 5.27. The zero-order valence-corrected chi connectivity index (χ0v) is 15.5. The number of aromatic nitrogens is 3. The second-order valence-electron chi connectivity index (χ2n) is 6.50. The van der Waals surface area contributed by atoms with Crippen LogP contribution in [-0.2, 0) is 10.3 Å². The molecule has 0 radical (unpaired) electrons. The predicted octanol–water partition coefficient (Wildman–Crippen LogP) is 2.62. The molecule has 1 saturated heterocycles. The van der Waals surface area contributed by atoms with Gasteiger partial charge in [0.05, 0.1) is 11.3 Å². The number of hydrogen-bond donors (Lipinski definition) is 1. The largest absolute Gasteiger partial charge is 0.479 e. The number of carbonyl (C=O) groups excluding carboxylic acids is 1. The van der Waals surface area contributed by atoms with Crippen molar-refractivity contribution in [3.05, 3.63) is 46.7 Å². The highest BCUT2D eigenvalue weighted by atomic mass is 32.1. The molecular formula is C18H18N4O4S. The van der Waals surface area contributed by atoms with Gasteiger partial charge in [0, 0.05) is 37.5 Å². The molecule has 4 heterocycles. The highest BCUT2D eigenvalue weighted by Crippen LogP contribution is 2.32. The maximum absolute atomic E-state index is 12.6. The summed E-state index contributed by atoms with van der Waals surface area (Å²) < 4.78 is 6.82. The van der Waals surface area contributed by atoms with Crippen LogP contribution in [0.4, 0.5) is 0 Å². The maximum atomic E-state index is 12.6. The second-order valence-corrected chi connectivity index (χ2v) is 7.57. The first-order chi connectivity index (χ1) is 13.0. The van der Waals surface area contributed by atoms with Crippen molar-refractivity contribution < 1.29 is 19.1 Å². The number of piperidine rings is 1. The monoisotopic (exact) mass is 386 g/mol. The second kappa shape index (κ2) is 6.66. The first kappa shape index (κ1) is 17.5. The lowest BCUT2D eigenvalue weighted by Crippen LogP contribution is -2.52. The molecule has 9 heteroatoms. The summed E-state index contributed by atoms with van der Waals surface area (Å²) in [7, 11) is 0. The Morgan fingerprint density at radius 2 is 2.07 bits per heavy atom. The van der Waals surface area contributed by atoms with Crippen LogP contribution in [0.1, 0.15) is 28.3 Å². The number of furan rings is 1. The van der Waals surface area contributed by atoms with Gasteiger partial charge in [-0.1, -0.05) is 0 Å². The molecule has 3 aromatic rings. The molecule has 8 nitrogen and oxygen atoms in total. The van der Waals surface area contributed by atoms with Gasteiger partial charge in [0.25, 0.3) is 5.91 Å². The molecule has 1 aliphatic heterocycles. The van der Waals surface area contributed by atoms with E-state index in [9.17, 15) is 14.7 Å². The molecule has 0 saturated carbocycles. The van der Waals surface area contributed by atoms with Gasteiger partial charge in [-0.25, -0.2) is 9.78 Å². The lowest BCUT2D eigenvalue weighted by Gasteiger charge is -2.38. The molecule has 1 aliphatic rings. The normalized spacial score (nSPS) is 16.4. The van der Waals surface area contributed by atoms with Gasteiger partial charge in [-0.3, -0.25) is 9.48 Å². The van der Waals surface area contributed by atoms with Crippen molar-refractivity contribution in [3.8, 4) is 11.5 Å². The number of aryl methyl sites for hydroxylation is 1. The number of aliphatic carboxylic acids is 1. The number of carboxylic acid groups (broad SMARTS) is 1. The molecule has 140 valence electrons. The van der Waals surface area contributed by atoms with Crippen LogP contribution in [-0.4, -0.2) is 49.7 Å². The fourth-order valence-corrected chi connectivity index (χ4v) is 3.95. The van der Waals surface area contributed by atoms with Gasteiger partial charge in [-0.05, 0) is 25.1 Å². The van der Waals surface area contributed by atoms with Gasteiger partial charge in [-0.15, -0.1) is 11.3 Å². The average molecular weight is 386 g/mol. The number of likely N-dealkylation sites (tertiary alicyclic amines) is 1. The van der Waals surface area contributed by atoms with E-state index in [2.05, 4.69) is 10.1 Å². The SMILES string of the molecule is Cc1nc(C(=O)N2CCC(C(=O)O)(n3ccc(-c4ccco4)n3)CC2)cs1. The number of hydrogen-bond acceptors (Lipinski definition) is 6. The number of carboxylic acids is 1. The molecule has 0 spiro atoms. The van der Waals surface area contributed by atoms with E-state index in [-0.39, 0.29) is 18.7 Å². The lowest BCUT2D eigenvalue weighted by molar-refractivity contribution is -0.150. The predicted molar refractivity (Wildman–Crippen MR) is 97.5 cm³/mol. The van der Waals surface area contributed by atoms with Crippen LogP contribution in [0.15, 0.2) is 40.5 Å². The molecule has 0 bridgehead atoms. The van der Waals surface area contributed by atoms with Crippen LogP contribution in [0, 0.1) is 6.92 Å². The molecule has 4 rings (SSSR count). The maximum Gasteiger partial charge on any atom is 0.331 e. The molecule has 1 N–H and O–H groups in total. The third kappa shape index (κ3) is 3.03. The molecule has 0 aliphatic carbocycles. The fourth-order valence-electron chi connectivity index (χ4n) is 3.36. The standard InChI is InChI=1S/C18H18N4O4S/c1-12-19-14(11-27-12)16(23)21-8-5-18(6-9-21,17(24)25)22-7-4-13(20-22)15-3-2-10-26-15/h2-4,7,10-11H,5-6,8-9H2,1H3,(H,24,25). The highest BCUT2D eigenvalue weighted by Gasteiger charge is 2.45. The van der Waals surface area contributed by atoms with Crippen LogP contribution < -0.4 is 0 Å². The minimum Gasteiger partial charge on any atom is -0.479 e. The van der Waals surface area contributed by atoms with Crippen molar-refractivity contribution in [1.29, 1.82) is 0 Å². The summed E-state index contributed by atoms with van der Waals surface area (Å²) in [6.45, 7) is 2.51. The van der Waals surface area contributed by atoms with Crippen LogP contribution >= 0.6 is 11.3 Å². The first-order valence-corrected chi connectivity index (χ1v) is 9.42. The molecule has 1 amide bonds. The van der Waals surface area contributed by atoms with Gasteiger partial charge in [0.15, 0.2) is 11.3 Å². The van der Waals surface area contributed by atoms with Crippen molar-refractivity contribution in [2.24, 2.45) is 0 Å². The molecule has 1 fully saturated rings. The Morgan fingerprint density at radius 3 is 2.67 bits per heavy atom. The van der Waals surface area contributed by atoms with Crippen LogP contribution in [0.5, 0.6) is 0 Å². The third-order valence-corrected chi connectivity index (χ3v) is 5.69. The minimum absolute atomic E-state index is 0.157. The van der Waals surface area contributed by atoms with Gasteiger partial charge in [0.1, 0.15) is 11.4 Å². The Bertz CT molecular complexity index is 967. The average Bonchev–Trinajstić information content (AvgIpc) is 3.41. The Morgan fingerprint density at radius 1 is 1.30 bits per heavy atom. The van der Waals surface area contributed by atoms with E-state index in [0.717, 1.165) is 5.01 Å². The lowest BCUT2D eigenvalue weighted by atomic mass is 9.87. The van der Waals surface area contributed by atoms with E-state index in [1.807, 2.05) is 6.92 Å². The Balaban J connectivity index is 1.55. The molecule has 27 heavy (non-hydrogen) atoms. The number of carbonyl (C=O) groups is 2. The number of rotatable bonds is 4. The number of amides is 1. The summed E-state index contributed by atoms with van der Waals surface area (Å²) in [4.78, 5) is 30.6. The van der Waals surface area contributed by atoms with Crippen molar-refractivity contribution >= 4 is 23.2 Å². The molecular weight excluding hydrogens is 368 g/mol. The first-order valence-electron chi connectivity index (χ1n) is 8.54. The Kier molecular flexibility index (Phi) is 4.31. The quantitative estimate of drug-likeness (QED) is 0.740. The van der Waals surface area contributed by atoms with Gasteiger partial charge < -0.3 is 14.4 Å². The van der Waals surface area contributed by atoms with Crippen LogP contribution in [0.3, 0.4) is 0 Å². The summed E-state index contributed by atoms with van der Waals surface area (Å²) in [5.41, 5.74) is -0.184. The zero-order chi connectivity index (χ0) is 19.0. The third-order valence-electron chi connectivity index (χ3n) is 4.92. The molecule has 0 atom stereocenters. The number of thiazole rings is 1. The topological polar surface area (TPSA) is 101 Å². The van der Waals surface area contributed by atoms with Gasteiger partial charge in [-0.2, -0.15) is 5.10 Å². The van der Waals surface area contributed by atoms with Crippen molar-refractivity contribution in [1.82, 2.24) is 19.7 Å². The van der Waals surface area contributed by atoms with Crippen LogP contribution in [0.25, 0.3) is 11.5 Å². The van der Waals surface area contributed by atoms with Gasteiger partial charge in [0.2, 0.25) is 0 Å². The summed E-state index contributed by atoms with van der Waals surface area (Å²) >= 11 is 1.42. The van der Waals surface area contributed by atoms with E-state index in [0.29, 0.717) is 30.2 Å². The summed E-state index contributed by atoms with van der Waals surface area (Å²) in [5.74, 6) is -0.524. The minimum atomic E-state index is -1.18. The van der Waals surface area contributed by atoms with E-state index in [1.165, 1.54) is 16.0 Å². The molecule has 0 aromatic carbocycles. The van der Waals surface area contributed by atoms with Crippen LogP contribution in [0.2, 0.25) is 0 Å². The molecule has 3 aromatic heterocycles. The van der Waals surface area contributed by atoms with Crippen molar-refractivity contribution in [2.45, 2.75) is 25.3 Å². The van der Waals surface area contributed by atoms with E-state index in [1.54, 1.807) is 40.9 Å². The van der Waals surface area contributed by atoms with Crippen molar-refractivity contribution in [3.63, 3.8) is 0 Å². The summed E-state index contributed by atoms with van der Waals surface area (Å²) in [5, 5.41) is 16.9. The van der Waals surface area contributed by atoms with E-state index < -0.39 is 11.5 Å². The highest BCUT2D eigenvalue weighted by molar-refractivity contribution is 7.09. The summed E-state index contributed by atoms with van der Waals surface area (Å²) in [6.07, 6.45) is 3.76. The number of nitrogens with zero attached hydrogens (tertiary/aromatic N) is 4. The fraction of sp³-hybridized carbons (Fsp3) is 0.333. The van der Waals surface area contributed by atoms with E-state index in [4.69, 9.17) is 4.42 Å². The van der Waals surface area contributed by atoms with Gasteiger partial charge >= 0.3 is 5.97 Å². The Hall–Kier alpha value is -2.94. The smallest absolute Gasteiger partial charge is 0.331 e. The van der Waals surface area contributed by atoms with E-state index >= 15 is 0 Å².